The zero-order chi connectivity index (χ0) is 21.2. The molecule has 3 heterocycles. The molecule has 5 rings (SSSR count). The molecule has 0 radical (unpaired) electrons. The molecule has 1 amide bonds. The van der Waals surface area contributed by atoms with E-state index >= 15 is 0 Å². The van der Waals surface area contributed by atoms with Gasteiger partial charge in [0.25, 0.3) is 5.91 Å². The van der Waals surface area contributed by atoms with Crippen LogP contribution in [0.1, 0.15) is 31.2 Å². The van der Waals surface area contributed by atoms with Crippen LogP contribution in [0.5, 0.6) is 0 Å². The van der Waals surface area contributed by atoms with Crippen LogP contribution in [0.2, 0.25) is 5.02 Å². The van der Waals surface area contributed by atoms with Crippen molar-refractivity contribution in [2.75, 3.05) is 19.7 Å². The molecule has 0 saturated carbocycles. The summed E-state index contributed by atoms with van der Waals surface area (Å²) in [5, 5.41) is 1.80. The summed E-state index contributed by atoms with van der Waals surface area (Å²) in [4.78, 5) is 19.0. The Morgan fingerprint density at radius 3 is 2.65 bits per heavy atom. The highest BCUT2D eigenvalue weighted by Crippen LogP contribution is 2.32. The zero-order valence-electron chi connectivity index (χ0n) is 17.6. The summed E-state index contributed by atoms with van der Waals surface area (Å²) in [7, 11) is 0. The largest absolute Gasteiger partial charge is 0.368 e. The third kappa shape index (κ3) is 4.46. The lowest BCUT2D eigenvalue weighted by atomic mass is 9.89. The Labute approximate surface area is 188 Å². The molecular weight excluding hydrogens is 408 g/mol. The maximum atomic E-state index is 12.5. The van der Waals surface area contributed by atoms with Crippen molar-refractivity contribution in [3.63, 3.8) is 0 Å². The van der Waals surface area contributed by atoms with Crippen LogP contribution in [0.25, 0.3) is 22.0 Å². The minimum Gasteiger partial charge on any atom is -0.368 e. The van der Waals surface area contributed by atoms with Crippen LogP contribution >= 0.6 is 11.6 Å². The van der Waals surface area contributed by atoms with Crippen molar-refractivity contribution in [1.29, 1.82) is 0 Å². The highest BCUT2D eigenvalue weighted by Gasteiger charge is 2.30. The fourth-order valence-electron chi connectivity index (χ4n) is 4.80. The maximum absolute atomic E-state index is 12.5. The number of aromatic nitrogens is 1. The molecule has 3 aromatic rings. The molecule has 2 aliphatic rings. The molecule has 2 saturated heterocycles. The average molecular weight is 435 g/mol. The van der Waals surface area contributed by atoms with E-state index in [1.807, 2.05) is 29.3 Å². The molecule has 31 heavy (non-hydrogen) atoms. The van der Waals surface area contributed by atoms with Gasteiger partial charge in [0.05, 0.1) is 5.52 Å². The Kier molecular flexibility index (Phi) is 5.93. The van der Waals surface area contributed by atoms with Gasteiger partial charge in [0, 0.05) is 41.9 Å². The van der Waals surface area contributed by atoms with E-state index in [-0.39, 0.29) is 12.0 Å². The van der Waals surface area contributed by atoms with Crippen molar-refractivity contribution in [3.05, 3.63) is 65.3 Å². The minimum atomic E-state index is -0.193. The van der Waals surface area contributed by atoms with Crippen LogP contribution in [0.4, 0.5) is 0 Å². The maximum Gasteiger partial charge on any atom is 0.251 e. The molecule has 1 aromatic heterocycles. The van der Waals surface area contributed by atoms with Gasteiger partial charge in [-0.1, -0.05) is 41.9 Å². The molecule has 0 aliphatic carbocycles. The normalized spacial score (nSPS) is 19.8. The van der Waals surface area contributed by atoms with E-state index in [1.54, 1.807) is 0 Å². The molecule has 1 atom stereocenters. The molecule has 5 heteroatoms. The number of hydrogen-bond acceptors (Lipinski definition) is 3. The Morgan fingerprint density at radius 2 is 1.90 bits per heavy atom. The van der Waals surface area contributed by atoms with Gasteiger partial charge in [-0.25, -0.2) is 0 Å². The fourth-order valence-corrected chi connectivity index (χ4v) is 5.08. The van der Waals surface area contributed by atoms with Crippen LogP contribution in [-0.4, -0.2) is 41.6 Å². The highest BCUT2D eigenvalue weighted by atomic mass is 35.5. The van der Waals surface area contributed by atoms with Gasteiger partial charge in [-0.3, -0.25) is 9.78 Å². The van der Waals surface area contributed by atoms with Gasteiger partial charge in [0.1, 0.15) is 6.10 Å². The molecule has 0 N–H and O–H groups in total. The van der Waals surface area contributed by atoms with Crippen molar-refractivity contribution in [1.82, 2.24) is 9.88 Å². The Balaban J connectivity index is 1.21. The number of halogens is 1. The third-order valence-corrected chi connectivity index (χ3v) is 6.93. The molecule has 2 aliphatic heterocycles. The molecule has 0 unspecified atom stereocenters. The molecule has 4 nitrogen and oxygen atoms in total. The molecule has 0 bridgehead atoms. The summed E-state index contributed by atoms with van der Waals surface area (Å²) >= 11 is 6.55. The van der Waals surface area contributed by atoms with Gasteiger partial charge in [-0.15, -0.1) is 0 Å². The molecule has 2 fully saturated rings. The zero-order valence-corrected chi connectivity index (χ0v) is 18.4. The smallest absolute Gasteiger partial charge is 0.251 e. The quantitative estimate of drug-likeness (QED) is 0.543. The van der Waals surface area contributed by atoms with Crippen LogP contribution in [0.3, 0.4) is 0 Å². The van der Waals surface area contributed by atoms with Crippen LogP contribution in [0.15, 0.2) is 54.7 Å². The number of nitrogens with zero attached hydrogens (tertiary/aromatic N) is 2. The number of rotatable bonds is 4. The van der Waals surface area contributed by atoms with Crippen molar-refractivity contribution >= 4 is 28.4 Å². The van der Waals surface area contributed by atoms with Crippen LogP contribution in [0, 0.1) is 5.92 Å². The van der Waals surface area contributed by atoms with Crippen molar-refractivity contribution in [2.45, 2.75) is 38.2 Å². The lowest BCUT2D eigenvalue weighted by Crippen LogP contribution is -2.44. The Hall–Kier alpha value is -2.43. The minimum absolute atomic E-state index is 0.193. The van der Waals surface area contributed by atoms with Gasteiger partial charge in [0.2, 0.25) is 0 Å². The van der Waals surface area contributed by atoms with Crippen molar-refractivity contribution in [3.8, 4) is 11.1 Å². The summed E-state index contributed by atoms with van der Waals surface area (Å²) < 4.78 is 5.57. The van der Waals surface area contributed by atoms with Crippen LogP contribution < -0.4 is 0 Å². The highest BCUT2D eigenvalue weighted by molar-refractivity contribution is 6.34. The predicted octanol–water partition coefficient (Wildman–Crippen LogP) is 5.52. The van der Waals surface area contributed by atoms with E-state index in [2.05, 4.69) is 35.3 Å². The Bertz CT molecular complexity index is 1070. The van der Waals surface area contributed by atoms with Gasteiger partial charge >= 0.3 is 0 Å². The first-order valence-electron chi connectivity index (χ1n) is 11.2. The lowest BCUT2D eigenvalue weighted by Gasteiger charge is -2.33. The number of likely N-dealkylation sites (tertiary alicyclic amines) is 1. The second-order valence-corrected chi connectivity index (χ2v) is 9.11. The van der Waals surface area contributed by atoms with Crippen molar-refractivity contribution in [2.24, 2.45) is 5.92 Å². The predicted molar refractivity (Wildman–Crippen MR) is 124 cm³/mol. The van der Waals surface area contributed by atoms with Crippen molar-refractivity contribution < 1.29 is 9.53 Å². The first kappa shape index (κ1) is 20.5. The molecule has 160 valence electrons. The number of benzene rings is 2. The van der Waals surface area contributed by atoms with Gasteiger partial charge in [-0.05, 0) is 67.3 Å². The SMILES string of the molecule is O=C([C@H]1CCCO1)N1CCC(Cc2ccc(-c3cc4ncccc4cc3Cl)cc2)CC1. The summed E-state index contributed by atoms with van der Waals surface area (Å²) in [6.45, 7) is 2.42. The second-order valence-electron chi connectivity index (χ2n) is 8.70. The third-order valence-electron chi connectivity index (χ3n) is 6.61. The Morgan fingerprint density at radius 1 is 1.10 bits per heavy atom. The first-order chi connectivity index (χ1) is 15.2. The number of piperidine rings is 1. The number of amides is 1. The van der Waals surface area contributed by atoms with E-state index in [0.29, 0.717) is 5.92 Å². The molecule has 0 spiro atoms. The topological polar surface area (TPSA) is 42.4 Å². The fraction of sp³-hybridized carbons (Fsp3) is 0.385. The summed E-state index contributed by atoms with van der Waals surface area (Å²) in [6.07, 6.45) is 6.66. The number of carbonyl (C=O) groups is 1. The second kappa shape index (κ2) is 8.97. The monoisotopic (exact) mass is 434 g/mol. The summed E-state index contributed by atoms with van der Waals surface area (Å²) in [5.41, 5.74) is 4.41. The van der Waals surface area contributed by atoms with Gasteiger partial charge < -0.3 is 9.64 Å². The summed E-state index contributed by atoms with van der Waals surface area (Å²) in [5.74, 6) is 0.815. The first-order valence-corrected chi connectivity index (χ1v) is 11.6. The summed E-state index contributed by atoms with van der Waals surface area (Å²) in [6, 6.07) is 16.7. The average Bonchev–Trinajstić information content (AvgIpc) is 3.34. The number of carbonyl (C=O) groups excluding carboxylic acids is 1. The molecule has 2 aromatic carbocycles. The van der Waals surface area contributed by atoms with Crippen LogP contribution in [-0.2, 0) is 16.0 Å². The number of hydrogen-bond donors (Lipinski definition) is 0. The number of ether oxygens (including phenoxy) is 1. The van der Waals surface area contributed by atoms with E-state index in [0.717, 1.165) is 78.9 Å². The van der Waals surface area contributed by atoms with Gasteiger partial charge in [0.15, 0.2) is 0 Å². The van der Waals surface area contributed by atoms with E-state index in [9.17, 15) is 4.79 Å². The van der Waals surface area contributed by atoms with E-state index in [1.165, 1.54) is 5.56 Å². The van der Waals surface area contributed by atoms with E-state index in [4.69, 9.17) is 16.3 Å². The number of pyridine rings is 1. The molecular formula is C26H27ClN2O2. The van der Waals surface area contributed by atoms with Gasteiger partial charge in [-0.2, -0.15) is 0 Å². The number of fused-ring (bicyclic) bond motifs is 1. The standard InChI is InChI=1S/C26H27ClN2O2/c27-23-16-21-3-1-11-28-24(21)17-22(23)20-7-5-18(6-8-20)15-19-9-12-29(13-10-19)26(30)25-4-2-14-31-25/h1,3,5-8,11,16-17,19,25H,2,4,9-10,12-15H2/t25-/m1/s1. The lowest BCUT2D eigenvalue weighted by molar-refractivity contribution is -0.142. The van der Waals surface area contributed by atoms with E-state index < -0.39 is 0 Å².